The summed E-state index contributed by atoms with van der Waals surface area (Å²) >= 11 is 0. The molecule has 2 rings (SSSR count). The van der Waals surface area contributed by atoms with E-state index >= 15 is 0 Å². The molecule has 5 heteroatoms. The summed E-state index contributed by atoms with van der Waals surface area (Å²) < 4.78 is 5.10. The molecule has 1 aliphatic rings. The molecule has 0 radical (unpaired) electrons. The molecule has 2 unspecified atom stereocenters. The fourth-order valence-corrected chi connectivity index (χ4v) is 2.42. The number of carbonyl (C=O) groups excluding carboxylic acids is 2. The van der Waals surface area contributed by atoms with Gasteiger partial charge in [-0.05, 0) is 24.6 Å². The van der Waals surface area contributed by atoms with E-state index < -0.39 is 6.04 Å². The zero-order valence-corrected chi connectivity index (χ0v) is 10.3. The van der Waals surface area contributed by atoms with E-state index in [1.54, 1.807) is 7.11 Å². The molecule has 0 aliphatic carbocycles. The third-order valence-electron chi connectivity index (χ3n) is 3.30. The summed E-state index contributed by atoms with van der Waals surface area (Å²) in [6.07, 6.45) is 0.568. The van der Waals surface area contributed by atoms with Crippen molar-refractivity contribution in [1.82, 2.24) is 10.6 Å². The van der Waals surface area contributed by atoms with Gasteiger partial charge in [0.05, 0.1) is 7.11 Å². The number of methoxy groups -OCH3 is 1. The summed E-state index contributed by atoms with van der Waals surface area (Å²) in [5.74, 6) is 0.563. The van der Waals surface area contributed by atoms with E-state index in [1.165, 1.54) is 0 Å². The minimum atomic E-state index is -0.508. The van der Waals surface area contributed by atoms with Gasteiger partial charge in [-0.3, -0.25) is 9.59 Å². The van der Waals surface area contributed by atoms with Crippen molar-refractivity contribution in [3.63, 3.8) is 0 Å². The normalized spacial score (nSPS) is 26.6. The van der Waals surface area contributed by atoms with Gasteiger partial charge in [-0.25, -0.2) is 0 Å². The van der Waals surface area contributed by atoms with Gasteiger partial charge in [0, 0.05) is 12.0 Å². The second-order valence-corrected chi connectivity index (χ2v) is 4.36. The van der Waals surface area contributed by atoms with Crippen molar-refractivity contribution in [3.05, 3.63) is 29.8 Å². The summed E-state index contributed by atoms with van der Waals surface area (Å²) in [6, 6.07) is 7.01. The topological polar surface area (TPSA) is 67.4 Å². The Hall–Kier alpha value is -2.04. The Morgan fingerprint density at radius 3 is 2.56 bits per heavy atom. The Morgan fingerprint density at radius 1 is 1.33 bits per heavy atom. The SMILES string of the molecule is COc1ccc([C@H]2C(C)NC(=O)C2NC=O)cc1. The lowest BCUT2D eigenvalue weighted by atomic mass is 9.89. The standard InChI is InChI=1S/C13H16N2O3/c1-8-11(12(14-7-16)13(17)15-8)9-3-5-10(18-2)6-4-9/h3-8,11-12H,1-2H3,(H,14,16)(H,15,17)/t8?,11-,12?/m1/s1. The molecule has 1 aromatic carbocycles. The number of nitrogens with one attached hydrogen (secondary N) is 2. The monoisotopic (exact) mass is 248 g/mol. The highest BCUT2D eigenvalue weighted by Crippen LogP contribution is 2.29. The van der Waals surface area contributed by atoms with Crippen LogP contribution in [0.5, 0.6) is 5.75 Å². The summed E-state index contributed by atoms with van der Waals surface area (Å²) in [6.45, 7) is 1.93. The van der Waals surface area contributed by atoms with Crippen molar-refractivity contribution in [1.29, 1.82) is 0 Å². The number of rotatable bonds is 4. The van der Waals surface area contributed by atoms with Crippen LogP contribution >= 0.6 is 0 Å². The molecular weight excluding hydrogens is 232 g/mol. The van der Waals surface area contributed by atoms with Crippen LogP contribution in [0.1, 0.15) is 18.4 Å². The first-order valence-electron chi connectivity index (χ1n) is 5.81. The Kier molecular flexibility index (Phi) is 3.50. The van der Waals surface area contributed by atoms with Crippen LogP contribution in [0.25, 0.3) is 0 Å². The molecular formula is C13H16N2O3. The molecule has 96 valence electrons. The minimum Gasteiger partial charge on any atom is -0.497 e. The lowest BCUT2D eigenvalue weighted by Crippen LogP contribution is -2.38. The van der Waals surface area contributed by atoms with Crippen LogP contribution in [0.3, 0.4) is 0 Å². The largest absolute Gasteiger partial charge is 0.497 e. The fraction of sp³-hybridized carbons (Fsp3) is 0.385. The molecule has 1 saturated heterocycles. The number of ether oxygens (including phenoxy) is 1. The van der Waals surface area contributed by atoms with Crippen LogP contribution in [0.4, 0.5) is 0 Å². The first-order chi connectivity index (χ1) is 8.67. The van der Waals surface area contributed by atoms with Crippen molar-refractivity contribution in [2.45, 2.75) is 24.9 Å². The second kappa shape index (κ2) is 5.08. The molecule has 0 bridgehead atoms. The van der Waals surface area contributed by atoms with Crippen molar-refractivity contribution in [2.75, 3.05) is 7.11 Å². The fourth-order valence-electron chi connectivity index (χ4n) is 2.42. The van der Waals surface area contributed by atoms with Crippen LogP contribution in [0.2, 0.25) is 0 Å². The highest BCUT2D eigenvalue weighted by Gasteiger charge is 2.40. The van der Waals surface area contributed by atoms with E-state index in [2.05, 4.69) is 10.6 Å². The van der Waals surface area contributed by atoms with Gasteiger partial charge < -0.3 is 15.4 Å². The zero-order valence-electron chi connectivity index (χ0n) is 10.3. The van der Waals surface area contributed by atoms with Crippen LogP contribution in [-0.2, 0) is 9.59 Å². The predicted octanol–water partition coefficient (Wildman–Crippen LogP) is 0.412. The van der Waals surface area contributed by atoms with Gasteiger partial charge in [-0.15, -0.1) is 0 Å². The second-order valence-electron chi connectivity index (χ2n) is 4.36. The van der Waals surface area contributed by atoms with Gasteiger partial charge >= 0.3 is 0 Å². The molecule has 18 heavy (non-hydrogen) atoms. The number of carbonyl (C=O) groups is 2. The summed E-state index contributed by atoms with van der Waals surface area (Å²) in [5, 5.41) is 5.42. The molecule has 2 N–H and O–H groups in total. The van der Waals surface area contributed by atoms with E-state index in [0.717, 1.165) is 11.3 Å². The maximum absolute atomic E-state index is 11.7. The minimum absolute atomic E-state index is 0.0108. The highest BCUT2D eigenvalue weighted by atomic mass is 16.5. The smallest absolute Gasteiger partial charge is 0.243 e. The summed E-state index contributed by atoms with van der Waals surface area (Å²) in [7, 11) is 1.61. The van der Waals surface area contributed by atoms with Gasteiger partial charge in [-0.1, -0.05) is 12.1 Å². The number of amides is 2. The quantitative estimate of drug-likeness (QED) is 0.758. The molecule has 2 amide bonds. The van der Waals surface area contributed by atoms with Gasteiger partial charge in [0.1, 0.15) is 11.8 Å². The average Bonchev–Trinajstić information content (AvgIpc) is 2.65. The number of benzene rings is 1. The molecule has 5 nitrogen and oxygen atoms in total. The number of hydrogen-bond donors (Lipinski definition) is 2. The van der Waals surface area contributed by atoms with Crippen molar-refractivity contribution in [3.8, 4) is 5.75 Å². The molecule has 0 saturated carbocycles. The molecule has 1 aliphatic heterocycles. The molecule has 1 aromatic rings. The van der Waals surface area contributed by atoms with Crippen LogP contribution in [0, 0.1) is 0 Å². The molecule has 1 fully saturated rings. The first-order valence-corrected chi connectivity index (χ1v) is 5.81. The maximum atomic E-state index is 11.7. The van der Waals surface area contributed by atoms with Gasteiger partial charge in [0.15, 0.2) is 0 Å². The Balaban J connectivity index is 2.27. The Bertz CT molecular complexity index is 444. The van der Waals surface area contributed by atoms with Gasteiger partial charge in [-0.2, -0.15) is 0 Å². The van der Waals surface area contributed by atoms with Crippen molar-refractivity contribution >= 4 is 12.3 Å². The predicted molar refractivity (Wildman–Crippen MR) is 66.3 cm³/mol. The summed E-state index contributed by atoms with van der Waals surface area (Å²) in [5.41, 5.74) is 1.00. The van der Waals surface area contributed by atoms with E-state index in [0.29, 0.717) is 6.41 Å². The number of hydrogen-bond acceptors (Lipinski definition) is 3. The van der Waals surface area contributed by atoms with Crippen LogP contribution in [0.15, 0.2) is 24.3 Å². The van der Waals surface area contributed by atoms with Crippen LogP contribution < -0.4 is 15.4 Å². The Labute approximate surface area is 106 Å². The first kappa shape index (κ1) is 12.4. The maximum Gasteiger partial charge on any atom is 0.243 e. The zero-order chi connectivity index (χ0) is 13.1. The summed E-state index contributed by atoms with van der Waals surface area (Å²) in [4.78, 5) is 22.3. The van der Waals surface area contributed by atoms with Gasteiger partial charge in [0.2, 0.25) is 12.3 Å². The van der Waals surface area contributed by atoms with Crippen molar-refractivity contribution in [2.24, 2.45) is 0 Å². The van der Waals surface area contributed by atoms with E-state index in [-0.39, 0.29) is 17.9 Å². The van der Waals surface area contributed by atoms with E-state index in [4.69, 9.17) is 4.74 Å². The van der Waals surface area contributed by atoms with E-state index in [1.807, 2.05) is 31.2 Å². The highest BCUT2D eigenvalue weighted by molar-refractivity contribution is 5.88. The lowest BCUT2D eigenvalue weighted by molar-refractivity contribution is -0.123. The van der Waals surface area contributed by atoms with Crippen molar-refractivity contribution < 1.29 is 14.3 Å². The third kappa shape index (κ3) is 2.16. The van der Waals surface area contributed by atoms with Crippen LogP contribution in [-0.4, -0.2) is 31.5 Å². The van der Waals surface area contributed by atoms with Gasteiger partial charge in [0.25, 0.3) is 0 Å². The van der Waals surface area contributed by atoms with E-state index in [9.17, 15) is 9.59 Å². The molecule has 0 aromatic heterocycles. The Morgan fingerprint density at radius 2 is 2.00 bits per heavy atom. The third-order valence-corrected chi connectivity index (χ3v) is 3.30. The average molecular weight is 248 g/mol. The molecule has 0 spiro atoms. The molecule has 1 heterocycles. The lowest BCUT2D eigenvalue weighted by Gasteiger charge is -2.20. The molecule has 3 atom stereocenters.